The molecule has 1 saturated heterocycles. The largest absolute Gasteiger partial charge is 0.357 e. The minimum atomic E-state index is -0.398. The number of nitrogens with one attached hydrogen (secondary N) is 1. The number of amides is 1. The van der Waals surface area contributed by atoms with E-state index >= 15 is 0 Å². The van der Waals surface area contributed by atoms with Crippen LogP contribution in [-0.4, -0.2) is 36.1 Å². The van der Waals surface area contributed by atoms with E-state index in [9.17, 15) is 4.79 Å². The molecular formula is C14H22N4O. The zero-order valence-electron chi connectivity index (χ0n) is 11.6. The highest BCUT2D eigenvalue weighted by atomic mass is 16.1. The Kier molecular flexibility index (Phi) is 4.04. The number of hydrogen-bond acceptors (Lipinski definition) is 4. The Balaban J connectivity index is 2.03. The van der Waals surface area contributed by atoms with Crippen LogP contribution in [0.15, 0.2) is 18.3 Å². The van der Waals surface area contributed by atoms with Crippen LogP contribution in [0.25, 0.3) is 0 Å². The van der Waals surface area contributed by atoms with Crippen LogP contribution in [0.1, 0.15) is 37.0 Å². The smallest absolute Gasteiger partial charge is 0.253 e. The number of hydrogen-bond donors (Lipinski definition) is 2. The van der Waals surface area contributed by atoms with Gasteiger partial charge in [0.15, 0.2) is 0 Å². The van der Waals surface area contributed by atoms with Gasteiger partial charge in [-0.15, -0.1) is 0 Å². The lowest BCUT2D eigenvalue weighted by molar-refractivity contribution is 0.0915. The summed E-state index contributed by atoms with van der Waals surface area (Å²) in [5.41, 5.74) is 5.78. The SMILES string of the molecule is CC(C)(CN)NC(=O)c1ccc(N2CCCC2)nc1. The van der Waals surface area contributed by atoms with Crippen LogP contribution in [0.4, 0.5) is 5.82 Å². The number of anilines is 1. The number of nitrogens with zero attached hydrogens (tertiary/aromatic N) is 2. The van der Waals surface area contributed by atoms with Gasteiger partial charge in [0.2, 0.25) is 0 Å². The number of rotatable bonds is 4. The van der Waals surface area contributed by atoms with Crippen LogP contribution in [0.3, 0.4) is 0 Å². The molecule has 0 saturated carbocycles. The summed E-state index contributed by atoms with van der Waals surface area (Å²) in [5.74, 6) is 0.822. The molecule has 0 unspecified atom stereocenters. The van der Waals surface area contributed by atoms with Crippen molar-refractivity contribution in [2.45, 2.75) is 32.2 Å². The molecule has 1 aromatic heterocycles. The summed E-state index contributed by atoms with van der Waals surface area (Å²) in [7, 11) is 0. The maximum absolute atomic E-state index is 12.0. The molecule has 0 atom stereocenters. The van der Waals surface area contributed by atoms with E-state index in [1.54, 1.807) is 6.20 Å². The highest BCUT2D eigenvalue weighted by Crippen LogP contribution is 2.17. The molecule has 1 aliphatic rings. The maximum atomic E-state index is 12.0. The monoisotopic (exact) mass is 262 g/mol. The maximum Gasteiger partial charge on any atom is 0.253 e. The van der Waals surface area contributed by atoms with Gasteiger partial charge < -0.3 is 16.0 Å². The van der Waals surface area contributed by atoms with E-state index in [2.05, 4.69) is 15.2 Å². The molecular weight excluding hydrogens is 240 g/mol. The normalized spacial score (nSPS) is 15.6. The number of aromatic nitrogens is 1. The molecule has 3 N–H and O–H groups in total. The lowest BCUT2D eigenvalue weighted by Gasteiger charge is -2.24. The Hall–Kier alpha value is -1.62. The van der Waals surface area contributed by atoms with Crippen LogP contribution in [0.2, 0.25) is 0 Å². The van der Waals surface area contributed by atoms with Gasteiger partial charge in [-0.05, 0) is 38.8 Å². The molecule has 0 radical (unpaired) electrons. The van der Waals surface area contributed by atoms with Crippen molar-refractivity contribution in [2.24, 2.45) is 5.73 Å². The van der Waals surface area contributed by atoms with Gasteiger partial charge in [-0.2, -0.15) is 0 Å². The average Bonchev–Trinajstić information content (AvgIpc) is 2.92. The van der Waals surface area contributed by atoms with E-state index < -0.39 is 5.54 Å². The van der Waals surface area contributed by atoms with E-state index in [0.29, 0.717) is 12.1 Å². The van der Waals surface area contributed by atoms with Crippen molar-refractivity contribution in [2.75, 3.05) is 24.5 Å². The number of pyridine rings is 1. The molecule has 2 heterocycles. The van der Waals surface area contributed by atoms with Crippen molar-refractivity contribution < 1.29 is 4.79 Å². The van der Waals surface area contributed by atoms with Gasteiger partial charge in [0.05, 0.1) is 5.56 Å². The minimum Gasteiger partial charge on any atom is -0.357 e. The summed E-state index contributed by atoms with van der Waals surface area (Å²) in [6, 6.07) is 3.73. The highest BCUT2D eigenvalue weighted by Gasteiger charge is 2.20. The van der Waals surface area contributed by atoms with E-state index in [-0.39, 0.29) is 5.91 Å². The lowest BCUT2D eigenvalue weighted by Crippen LogP contribution is -2.48. The second-order valence-electron chi connectivity index (χ2n) is 5.64. The van der Waals surface area contributed by atoms with Gasteiger partial charge >= 0.3 is 0 Å². The quantitative estimate of drug-likeness (QED) is 0.854. The third-order valence-corrected chi connectivity index (χ3v) is 3.40. The molecule has 5 heteroatoms. The Morgan fingerprint density at radius 3 is 2.63 bits per heavy atom. The summed E-state index contributed by atoms with van der Waals surface area (Å²) < 4.78 is 0. The molecule has 0 aliphatic carbocycles. The molecule has 19 heavy (non-hydrogen) atoms. The third-order valence-electron chi connectivity index (χ3n) is 3.40. The predicted molar refractivity (Wildman–Crippen MR) is 76.3 cm³/mol. The molecule has 0 aromatic carbocycles. The van der Waals surface area contributed by atoms with Crippen LogP contribution in [0.5, 0.6) is 0 Å². The van der Waals surface area contributed by atoms with Crippen molar-refractivity contribution in [1.82, 2.24) is 10.3 Å². The highest BCUT2D eigenvalue weighted by molar-refractivity contribution is 5.94. The minimum absolute atomic E-state index is 0.129. The van der Waals surface area contributed by atoms with Crippen LogP contribution in [0, 0.1) is 0 Å². The van der Waals surface area contributed by atoms with Crippen molar-refractivity contribution >= 4 is 11.7 Å². The standard InChI is InChI=1S/C14H22N4O/c1-14(2,10-15)17-13(19)11-5-6-12(16-9-11)18-7-3-4-8-18/h5-6,9H,3-4,7-8,10,15H2,1-2H3,(H,17,19). The predicted octanol–water partition coefficient (Wildman–Crippen LogP) is 1.15. The van der Waals surface area contributed by atoms with E-state index in [1.807, 2.05) is 26.0 Å². The summed E-state index contributed by atoms with van der Waals surface area (Å²) in [6.07, 6.45) is 4.07. The summed E-state index contributed by atoms with van der Waals surface area (Å²) in [6.45, 7) is 6.31. The third kappa shape index (κ3) is 3.44. The Bertz CT molecular complexity index is 435. The number of carbonyl (C=O) groups excluding carboxylic acids is 1. The molecule has 1 fully saturated rings. The van der Waals surface area contributed by atoms with E-state index in [1.165, 1.54) is 12.8 Å². The second-order valence-corrected chi connectivity index (χ2v) is 5.64. The summed E-state index contributed by atoms with van der Waals surface area (Å²) >= 11 is 0. The van der Waals surface area contributed by atoms with E-state index in [4.69, 9.17) is 5.73 Å². The number of carbonyl (C=O) groups is 1. The first-order valence-electron chi connectivity index (χ1n) is 6.75. The molecule has 5 nitrogen and oxygen atoms in total. The topological polar surface area (TPSA) is 71.2 Å². The fourth-order valence-corrected chi connectivity index (χ4v) is 2.08. The van der Waals surface area contributed by atoms with Gasteiger partial charge in [-0.3, -0.25) is 4.79 Å². The van der Waals surface area contributed by atoms with Crippen LogP contribution in [-0.2, 0) is 0 Å². The summed E-state index contributed by atoms with van der Waals surface area (Å²) in [5, 5.41) is 2.89. The molecule has 1 aliphatic heterocycles. The zero-order valence-corrected chi connectivity index (χ0v) is 11.6. The summed E-state index contributed by atoms with van der Waals surface area (Å²) in [4.78, 5) is 18.6. The molecule has 1 aromatic rings. The second kappa shape index (κ2) is 5.57. The van der Waals surface area contributed by atoms with Crippen molar-refractivity contribution in [3.05, 3.63) is 23.9 Å². The van der Waals surface area contributed by atoms with Crippen LogP contribution < -0.4 is 16.0 Å². The van der Waals surface area contributed by atoms with Crippen molar-refractivity contribution in [3.63, 3.8) is 0 Å². The first-order valence-corrected chi connectivity index (χ1v) is 6.75. The molecule has 0 spiro atoms. The molecule has 2 rings (SSSR count). The van der Waals surface area contributed by atoms with Gasteiger partial charge in [0.1, 0.15) is 5.82 Å². The first kappa shape index (κ1) is 13.8. The van der Waals surface area contributed by atoms with Crippen molar-refractivity contribution in [3.8, 4) is 0 Å². The number of nitrogens with two attached hydrogens (primary N) is 1. The zero-order chi connectivity index (χ0) is 13.9. The van der Waals surface area contributed by atoms with Gasteiger partial charge in [-0.25, -0.2) is 4.98 Å². The van der Waals surface area contributed by atoms with Gasteiger partial charge in [0, 0.05) is 31.4 Å². The van der Waals surface area contributed by atoms with Gasteiger partial charge in [0.25, 0.3) is 5.91 Å². The Morgan fingerprint density at radius 2 is 2.11 bits per heavy atom. The molecule has 0 bridgehead atoms. The first-order chi connectivity index (χ1) is 9.02. The average molecular weight is 262 g/mol. The Labute approximate surface area is 114 Å². The molecule has 104 valence electrons. The van der Waals surface area contributed by atoms with Crippen molar-refractivity contribution in [1.29, 1.82) is 0 Å². The fraction of sp³-hybridized carbons (Fsp3) is 0.571. The van der Waals surface area contributed by atoms with Crippen LogP contribution >= 0.6 is 0 Å². The van der Waals surface area contributed by atoms with E-state index in [0.717, 1.165) is 18.9 Å². The Morgan fingerprint density at radius 1 is 1.42 bits per heavy atom. The molecule has 1 amide bonds. The fourth-order valence-electron chi connectivity index (χ4n) is 2.08. The lowest BCUT2D eigenvalue weighted by atomic mass is 10.1. The van der Waals surface area contributed by atoms with Gasteiger partial charge in [-0.1, -0.05) is 0 Å².